The summed E-state index contributed by atoms with van der Waals surface area (Å²) in [6.07, 6.45) is 5.03. The van der Waals surface area contributed by atoms with Crippen molar-refractivity contribution in [2.75, 3.05) is 13.2 Å². The van der Waals surface area contributed by atoms with E-state index < -0.39 is 0 Å². The average Bonchev–Trinajstić information content (AvgIpc) is 2.84. The Labute approximate surface area is 121 Å². The molecule has 0 aliphatic heterocycles. The highest BCUT2D eigenvalue weighted by atomic mass is 127. The molecule has 18 heavy (non-hydrogen) atoms. The summed E-state index contributed by atoms with van der Waals surface area (Å²) in [4.78, 5) is 0. The smallest absolute Gasteiger partial charge is 0.0568 e. The Hall–Kier alpha value is -0.880. The molecule has 0 saturated carbocycles. The lowest BCUT2D eigenvalue weighted by Crippen LogP contribution is -2.02. The van der Waals surface area contributed by atoms with Gasteiger partial charge in [0, 0.05) is 35.1 Å². The van der Waals surface area contributed by atoms with Crippen molar-refractivity contribution in [3.63, 3.8) is 0 Å². The molecule has 0 radical (unpaired) electrons. The van der Waals surface area contributed by atoms with E-state index in [0.717, 1.165) is 26.2 Å². The van der Waals surface area contributed by atoms with E-state index in [9.17, 15) is 0 Å². The standard InChI is InChI=1S/C14H17IN2O/c1-2-18-9-5-8-17-11-12(10-16-17)13-6-3-4-7-14(13)15/h3-4,6-7,10-11H,2,5,8-9H2,1H3. The topological polar surface area (TPSA) is 27.1 Å². The number of hydrogen-bond acceptors (Lipinski definition) is 2. The predicted molar refractivity (Wildman–Crippen MR) is 81.5 cm³/mol. The normalized spacial score (nSPS) is 10.8. The van der Waals surface area contributed by atoms with Crippen LogP contribution in [0.3, 0.4) is 0 Å². The molecule has 0 amide bonds. The maximum Gasteiger partial charge on any atom is 0.0568 e. The molecule has 0 saturated heterocycles. The number of hydrogen-bond donors (Lipinski definition) is 0. The van der Waals surface area contributed by atoms with Crippen LogP contribution in [0.2, 0.25) is 0 Å². The second-order valence-electron chi connectivity index (χ2n) is 4.02. The van der Waals surface area contributed by atoms with E-state index in [-0.39, 0.29) is 0 Å². The summed E-state index contributed by atoms with van der Waals surface area (Å²) in [5.74, 6) is 0. The van der Waals surface area contributed by atoms with Crippen LogP contribution in [0.25, 0.3) is 11.1 Å². The summed E-state index contributed by atoms with van der Waals surface area (Å²) >= 11 is 2.36. The zero-order valence-corrected chi connectivity index (χ0v) is 12.6. The van der Waals surface area contributed by atoms with Crippen LogP contribution in [0.1, 0.15) is 13.3 Å². The van der Waals surface area contributed by atoms with E-state index >= 15 is 0 Å². The van der Waals surface area contributed by atoms with E-state index in [0.29, 0.717) is 0 Å². The van der Waals surface area contributed by atoms with Crippen molar-refractivity contribution in [2.24, 2.45) is 0 Å². The zero-order chi connectivity index (χ0) is 12.8. The minimum absolute atomic E-state index is 0.784. The molecule has 0 atom stereocenters. The third-order valence-electron chi connectivity index (χ3n) is 2.70. The van der Waals surface area contributed by atoms with Gasteiger partial charge in [0.2, 0.25) is 0 Å². The van der Waals surface area contributed by atoms with Gasteiger partial charge in [0.1, 0.15) is 0 Å². The predicted octanol–water partition coefficient (Wildman–Crippen LogP) is 3.58. The Morgan fingerprint density at radius 1 is 1.33 bits per heavy atom. The van der Waals surface area contributed by atoms with Crippen molar-refractivity contribution in [3.05, 3.63) is 40.2 Å². The molecule has 0 N–H and O–H groups in total. The van der Waals surface area contributed by atoms with Crippen molar-refractivity contribution >= 4 is 22.6 Å². The Morgan fingerprint density at radius 3 is 2.94 bits per heavy atom. The number of halogens is 1. The van der Waals surface area contributed by atoms with Gasteiger partial charge in [-0.05, 0) is 47.6 Å². The molecule has 0 spiro atoms. The summed E-state index contributed by atoms with van der Waals surface area (Å²) in [6, 6.07) is 8.35. The summed E-state index contributed by atoms with van der Waals surface area (Å²) in [5.41, 5.74) is 2.42. The lowest BCUT2D eigenvalue weighted by molar-refractivity contribution is 0.141. The Morgan fingerprint density at radius 2 is 2.17 bits per heavy atom. The molecule has 3 nitrogen and oxygen atoms in total. The van der Waals surface area contributed by atoms with Gasteiger partial charge in [-0.15, -0.1) is 0 Å². The Kier molecular flexibility index (Phi) is 5.19. The Balaban J connectivity index is 2.00. The van der Waals surface area contributed by atoms with Crippen molar-refractivity contribution in [1.82, 2.24) is 9.78 Å². The average molecular weight is 356 g/mol. The van der Waals surface area contributed by atoms with Gasteiger partial charge in [0.25, 0.3) is 0 Å². The van der Waals surface area contributed by atoms with Crippen LogP contribution in [-0.2, 0) is 11.3 Å². The third-order valence-corrected chi connectivity index (χ3v) is 3.64. The number of ether oxygens (including phenoxy) is 1. The first-order valence-electron chi connectivity index (χ1n) is 6.16. The molecule has 0 unspecified atom stereocenters. The molecule has 0 aliphatic carbocycles. The van der Waals surface area contributed by atoms with Gasteiger partial charge in [0.15, 0.2) is 0 Å². The van der Waals surface area contributed by atoms with E-state index in [1.165, 1.54) is 14.7 Å². The van der Waals surface area contributed by atoms with Gasteiger partial charge >= 0.3 is 0 Å². The van der Waals surface area contributed by atoms with E-state index in [4.69, 9.17) is 4.74 Å². The monoisotopic (exact) mass is 356 g/mol. The first-order valence-corrected chi connectivity index (χ1v) is 7.24. The van der Waals surface area contributed by atoms with Crippen LogP contribution in [0, 0.1) is 3.57 Å². The van der Waals surface area contributed by atoms with Gasteiger partial charge < -0.3 is 4.74 Å². The molecular weight excluding hydrogens is 339 g/mol. The van der Waals surface area contributed by atoms with Crippen molar-refractivity contribution in [3.8, 4) is 11.1 Å². The highest BCUT2D eigenvalue weighted by Crippen LogP contribution is 2.24. The maximum absolute atomic E-state index is 5.32. The number of aryl methyl sites for hydroxylation is 1. The van der Waals surface area contributed by atoms with Crippen LogP contribution in [-0.4, -0.2) is 23.0 Å². The summed E-state index contributed by atoms with van der Waals surface area (Å²) in [5, 5.41) is 4.39. The van der Waals surface area contributed by atoms with Gasteiger partial charge in [-0.25, -0.2) is 0 Å². The van der Waals surface area contributed by atoms with Gasteiger partial charge in [-0.2, -0.15) is 5.10 Å². The second-order valence-corrected chi connectivity index (χ2v) is 5.18. The van der Waals surface area contributed by atoms with Crippen molar-refractivity contribution < 1.29 is 4.74 Å². The molecule has 0 fully saturated rings. The molecular formula is C14H17IN2O. The fourth-order valence-corrected chi connectivity index (χ4v) is 2.49. The van der Waals surface area contributed by atoms with Gasteiger partial charge in [-0.3, -0.25) is 4.68 Å². The lowest BCUT2D eigenvalue weighted by atomic mass is 10.1. The molecule has 4 heteroatoms. The number of benzene rings is 1. The van der Waals surface area contributed by atoms with Crippen LogP contribution < -0.4 is 0 Å². The third kappa shape index (κ3) is 3.55. The van der Waals surface area contributed by atoms with Crippen LogP contribution >= 0.6 is 22.6 Å². The lowest BCUT2D eigenvalue weighted by Gasteiger charge is -2.02. The molecule has 0 aliphatic rings. The highest BCUT2D eigenvalue weighted by molar-refractivity contribution is 14.1. The van der Waals surface area contributed by atoms with Crippen LogP contribution in [0.15, 0.2) is 36.7 Å². The fourth-order valence-electron chi connectivity index (χ4n) is 1.79. The molecule has 1 aromatic carbocycles. The largest absolute Gasteiger partial charge is 0.382 e. The Bertz CT molecular complexity index is 496. The van der Waals surface area contributed by atoms with E-state index in [2.05, 4.69) is 58.2 Å². The number of rotatable bonds is 6. The SMILES string of the molecule is CCOCCCn1cc(-c2ccccc2I)cn1. The van der Waals surface area contributed by atoms with Crippen LogP contribution in [0.4, 0.5) is 0 Å². The molecule has 1 heterocycles. The fraction of sp³-hybridized carbons (Fsp3) is 0.357. The molecule has 96 valence electrons. The molecule has 2 rings (SSSR count). The first-order chi connectivity index (χ1) is 8.81. The number of aromatic nitrogens is 2. The van der Waals surface area contributed by atoms with Gasteiger partial charge in [0.05, 0.1) is 6.20 Å². The maximum atomic E-state index is 5.32. The highest BCUT2D eigenvalue weighted by Gasteiger charge is 2.04. The summed E-state index contributed by atoms with van der Waals surface area (Å²) < 4.78 is 8.56. The van der Waals surface area contributed by atoms with Gasteiger partial charge in [-0.1, -0.05) is 18.2 Å². The minimum atomic E-state index is 0.784. The van der Waals surface area contributed by atoms with E-state index in [1.54, 1.807) is 0 Å². The quantitative estimate of drug-likeness (QED) is 0.584. The molecule has 2 aromatic rings. The summed E-state index contributed by atoms with van der Waals surface area (Å²) in [6.45, 7) is 4.51. The van der Waals surface area contributed by atoms with Crippen molar-refractivity contribution in [2.45, 2.75) is 19.9 Å². The minimum Gasteiger partial charge on any atom is -0.382 e. The summed E-state index contributed by atoms with van der Waals surface area (Å²) in [7, 11) is 0. The van der Waals surface area contributed by atoms with E-state index in [1.807, 2.05) is 17.8 Å². The second kappa shape index (κ2) is 6.89. The zero-order valence-electron chi connectivity index (χ0n) is 10.5. The molecule has 1 aromatic heterocycles. The van der Waals surface area contributed by atoms with Crippen LogP contribution in [0.5, 0.6) is 0 Å². The number of nitrogens with zero attached hydrogens (tertiary/aromatic N) is 2. The van der Waals surface area contributed by atoms with Crippen molar-refractivity contribution in [1.29, 1.82) is 0 Å². The molecule has 0 bridgehead atoms. The first kappa shape index (κ1) is 13.5.